The average Bonchev–Trinajstić information content (AvgIpc) is 3.07. The molecule has 18 heavy (non-hydrogen) atoms. The van der Waals surface area contributed by atoms with Crippen LogP contribution in [-0.4, -0.2) is 19.9 Å². The predicted octanol–water partition coefficient (Wildman–Crippen LogP) is 2.07. The molecule has 3 aromatic heterocycles. The number of rotatable bonds is 2. The predicted molar refractivity (Wildman–Crippen MR) is 64.5 cm³/mol. The van der Waals surface area contributed by atoms with E-state index in [4.69, 9.17) is 9.78 Å². The van der Waals surface area contributed by atoms with Crippen molar-refractivity contribution in [3.8, 4) is 28.4 Å². The smallest absolute Gasteiger partial charge is 0.268 e. The molecule has 6 nitrogen and oxygen atoms in total. The lowest BCUT2D eigenvalue weighted by atomic mass is 10.4. The van der Waals surface area contributed by atoms with Gasteiger partial charge in [0.25, 0.3) is 5.89 Å². The number of hydrogen-bond donors (Lipinski definition) is 0. The third kappa shape index (κ3) is 1.78. The van der Waals surface area contributed by atoms with Crippen LogP contribution >= 0.6 is 11.3 Å². The molecule has 0 aliphatic carbocycles. The molecule has 0 aromatic carbocycles. The molecule has 0 bridgehead atoms. The summed E-state index contributed by atoms with van der Waals surface area (Å²) in [4.78, 5) is 5.65. The molecule has 3 aromatic rings. The van der Waals surface area contributed by atoms with Crippen LogP contribution in [0.25, 0.3) is 22.3 Å². The van der Waals surface area contributed by atoms with Crippen LogP contribution in [0.2, 0.25) is 0 Å². The summed E-state index contributed by atoms with van der Waals surface area (Å²) in [5.74, 6) is 0.847. The van der Waals surface area contributed by atoms with Gasteiger partial charge in [-0.05, 0) is 18.2 Å². The lowest BCUT2D eigenvalue weighted by Gasteiger charge is -1.85. The van der Waals surface area contributed by atoms with E-state index in [1.165, 1.54) is 11.3 Å². The highest BCUT2D eigenvalue weighted by atomic mass is 32.1. The zero-order chi connectivity index (χ0) is 12.5. The molecule has 0 saturated heterocycles. The minimum Gasteiger partial charge on any atom is -0.333 e. The molecular formula is C11H7N5OS. The third-order valence-corrected chi connectivity index (χ3v) is 3.27. The van der Waals surface area contributed by atoms with Crippen LogP contribution in [0.4, 0.5) is 0 Å². The van der Waals surface area contributed by atoms with Crippen molar-refractivity contribution in [2.45, 2.75) is 0 Å². The number of aryl methyl sites for hydroxylation is 1. The Balaban J connectivity index is 1.96. The van der Waals surface area contributed by atoms with Crippen molar-refractivity contribution < 1.29 is 4.52 Å². The number of nitrogens with zero attached hydrogens (tertiary/aromatic N) is 5. The fraction of sp³-hybridized carbons (Fsp3) is 0.0909. The van der Waals surface area contributed by atoms with Gasteiger partial charge in [-0.25, -0.2) is 0 Å². The highest BCUT2D eigenvalue weighted by Gasteiger charge is 2.14. The van der Waals surface area contributed by atoms with Crippen molar-refractivity contribution in [1.82, 2.24) is 19.9 Å². The summed E-state index contributed by atoms with van der Waals surface area (Å²) in [6.07, 6.45) is 1.81. The Hall–Kier alpha value is -2.46. The second kappa shape index (κ2) is 4.09. The van der Waals surface area contributed by atoms with Gasteiger partial charge in [-0.15, -0.1) is 11.3 Å². The lowest BCUT2D eigenvalue weighted by Crippen LogP contribution is -1.88. The highest BCUT2D eigenvalue weighted by Crippen LogP contribution is 2.27. The van der Waals surface area contributed by atoms with Crippen molar-refractivity contribution in [3.05, 3.63) is 29.3 Å². The maximum Gasteiger partial charge on any atom is 0.268 e. The quantitative estimate of drug-likeness (QED) is 0.702. The first-order valence-corrected chi connectivity index (χ1v) is 5.92. The third-order valence-electron chi connectivity index (χ3n) is 2.30. The van der Waals surface area contributed by atoms with E-state index in [1.807, 2.05) is 19.3 Å². The minimum absolute atomic E-state index is 0.405. The summed E-state index contributed by atoms with van der Waals surface area (Å²) in [5, 5.41) is 16.8. The average molecular weight is 257 g/mol. The molecule has 0 N–H and O–H groups in total. The zero-order valence-corrected chi connectivity index (χ0v) is 10.2. The first-order chi connectivity index (χ1) is 8.76. The van der Waals surface area contributed by atoms with Gasteiger partial charge in [-0.2, -0.15) is 15.3 Å². The Morgan fingerprint density at radius 2 is 2.28 bits per heavy atom. The van der Waals surface area contributed by atoms with E-state index in [1.54, 1.807) is 16.8 Å². The molecule has 0 spiro atoms. The SMILES string of the molecule is Cn1ccc(-c2noc(-c3ccc(C#N)s3)n2)n1. The van der Waals surface area contributed by atoms with Gasteiger partial charge in [0, 0.05) is 13.2 Å². The molecule has 0 aliphatic rings. The molecule has 3 rings (SSSR count). The van der Waals surface area contributed by atoms with E-state index in [9.17, 15) is 0 Å². The van der Waals surface area contributed by atoms with Crippen LogP contribution in [0.1, 0.15) is 4.88 Å². The Morgan fingerprint density at radius 3 is 2.94 bits per heavy atom. The van der Waals surface area contributed by atoms with Gasteiger partial charge in [0.2, 0.25) is 5.82 Å². The lowest BCUT2D eigenvalue weighted by molar-refractivity contribution is 0.433. The normalized spacial score (nSPS) is 10.4. The fourth-order valence-corrected chi connectivity index (χ4v) is 2.20. The standard InChI is InChI=1S/C11H7N5OS/c1-16-5-4-8(14-16)10-13-11(17-15-10)9-3-2-7(6-12)18-9/h2-5H,1H3. The van der Waals surface area contributed by atoms with E-state index in [2.05, 4.69) is 21.3 Å². The summed E-state index contributed by atoms with van der Waals surface area (Å²) in [6.45, 7) is 0. The number of aromatic nitrogens is 4. The second-order valence-corrected chi connectivity index (χ2v) is 4.66. The summed E-state index contributed by atoms with van der Waals surface area (Å²) in [5.41, 5.74) is 0.657. The highest BCUT2D eigenvalue weighted by molar-refractivity contribution is 7.15. The maximum atomic E-state index is 8.76. The molecule has 0 saturated carbocycles. The van der Waals surface area contributed by atoms with Gasteiger partial charge in [-0.1, -0.05) is 5.16 Å². The van der Waals surface area contributed by atoms with Crippen LogP contribution in [-0.2, 0) is 7.05 Å². The van der Waals surface area contributed by atoms with Gasteiger partial charge in [0.1, 0.15) is 16.6 Å². The van der Waals surface area contributed by atoms with E-state index >= 15 is 0 Å². The van der Waals surface area contributed by atoms with E-state index in [0.29, 0.717) is 22.3 Å². The summed E-state index contributed by atoms with van der Waals surface area (Å²) in [6, 6.07) is 7.40. The van der Waals surface area contributed by atoms with E-state index in [-0.39, 0.29) is 0 Å². The van der Waals surface area contributed by atoms with Gasteiger partial charge in [-0.3, -0.25) is 4.68 Å². The summed E-state index contributed by atoms with van der Waals surface area (Å²) >= 11 is 1.32. The van der Waals surface area contributed by atoms with E-state index in [0.717, 1.165) is 4.88 Å². The molecule has 0 fully saturated rings. The number of hydrogen-bond acceptors (Lipinski definition) is 6. The largest absolute Gasteiger partial charge is 0.333 e. The Kier molecular flexibility index (Phi) is 2.42. The van der Waals surface area contributed by atoms with Gasteiger partial charge < -0.3 is 4.52 Å². The van der Waals surface area contributed by atoms with Crippen molar-refractivity contribution in [2.24, 2.45) is 7.05 Å². The molecule has 0 aliphatic heterocycles. The molecule has 0 amide bonds. The Morgan fingerprint density at radius 1 is 1.39 bits per heavy atom. The van der Waals surface area contributed by atoms with Crippen molar-refractivity contribution in [3.63, 3.8) is 0 Å². The molecule has 88 valence electrons. The number of thiophene rings is 1. The fourth-order valence-electron chi connectivity index (χ4n) is 1.47. The van der Waals surface area contributed by atoms with Crippen LogP contribution < -0.4 is 0 Å². The molecule has 0 atom stereocenters. The molecule has 0 unspecified atom stereocenters. The van der Waals surface area contributed by atoms with E-state index < -0.39 is 0 Å². The molecule has 3 heterocycles. The van der Waals surface area contributed by atoms with Gasteiger partial charge >= 0.3 is 0 Å². The van der Waals surface area contributed by atoms with Crippen LogP contribution in [0.15, 0.2) is 28.9 Å². The van der Waals surface area contributed by atoms with Crippen molar-refractivity contribution in [1.29, 1.82) is 5.26 Å². The van der Waals surface area contributed by atoms with Crippen molar-refractivity contribution >= 4 is 11.3 Å². The topological polar surface area (TPSA) is 80.5 Å². The summed E-state index contributed by atoms with van der Waals surface area (Å²) < 4.78 is 6.83. The number of nitriles is 1. The first-order valence-electron chi connectivity index (χ1n) is 5.10. The zero-order valence-electron chi connectivity index (χ0n) is 9.36. The Labute approximate surface area is 106 Å². The van der Waals surface area contributed by atoms with Crippen LogP contribution in [0, 0.1) is 11.3 Å². The Bertz CT molecular complexity index is 733. The molecular weight excluding hydrogens is 250 g/mol. The van der Waals surface area contributed by atoms with Crippen LogP contribution in [0.5, 0.6) is 0 Å². The first kappa shape index (κ1) is 10.7. The molecule has 0 radical (unpaired) electrons. The molecule has 7 heteroatoms. The monoisotopic (exact) mass is 257 g/mol. The summed E-state index contributed by atoms with van der Waals surface area (Å²) in [7, 11) is 1.82. The van der Waals surface area contributed by atoms with Crippen LogP contribution in [0.3, 0.4) is 0 Å². The van der Waals surface area contributed by atoms with Gasteiger partial charge in [0.05, 0.1) is 4.88 Å². The second-order valence-electron chi connectivity index (χ2n) is 3.57. The minimum atomic E-state index is 0.405. The maximum absolute atomic E-state index is 8.76. The van der Waals surface area contributed by atoms with Crippen molar-refractivity contribution in [2.75, 3.05) is 0 Å². The van der Waals surface area contributed by atoms with Gasteiger partial charge in [0.15, 0.2) is 0 Å².